The zero-order chi connectivity index (χ0) is 17.8. The molecule has 0 spiro atoms. The second kappa shape index (κ2) is 8.09. The van der Waals surface area contributed by atoms with E-state index in [0.717, 1.165) is 38.8 Å². The van der Waals surface area contributed by atoms with E-state index in [-0.39, 0.29) is 11.9 Å². The Labute approximate surface area is 150 Å². The first kappa shape index (κ1) is 18.1. The van der Waals surface area contributed by atoms with Gasteiger partial charge >= 0.3 is 0 Å². The molecule has 2 fully saturated rings. The number of fused-ring (bicyclic) bond motifs is 1. The van der Waals surface area contributed by atoms with Gasteiger partial charge in [0.05, 0.1) is 13.2 Å². The maximum absolute atomic E-state index is 12.9. The SMILES string of the molecule is CCCCOc1ccc(C(=O)N2CC3CCC(N)C3C2)cc1OCC. The molecule has 5 heteroatoms. The predicted octanol–water partition coefficient (Wildman–Crippen LogP) is 3.07. The van der Waals surface area contributed by atoms with Crippen LogP contribution in [0.2, 0.25) is 0 Å². The largest absolute Gasteiger partial charge is 0.490 e. The molecule has 1 aromatic carbocycles. The van der Waals surface area contributed by atoms with Gasteiger partial charge in [0.1, 0.15) is 0 Å². The van der Waals surface area contributed by atoms with Crippen molar-refractivity contribution in [1.29, 1.82) is 0 Å². The minimum absolute atomic E-state index is 0.0719. The van der Waals surface area contributed by atoms with Crippen LogP contribution in [0.4, 0.5) is 0 Å². The van der Waals surface area contributed by atoms with Crippen molar-refractivity contribution in [3.63, 3.8) is 0 Å². The van der Waals surface area contributed by atoms with Crippen LogP contribution in [-0.4, -0.2) is 43.2 Å². The van der Waals surface area contributed by atoms with E-state index in [2.05, 4.69) is 6.92 Å². The summed E-state index contributed by atoms with van der Waals surface area (Å²) in [6, 6.07) is 5.77. The van der Waals surface area contributed by atoms with Crippen molar-refractivity contribution >= 4 is 5.91 Å². The molecule has 1 aliphatic heterocycles. The van der Waals surface area contributed by atoms with Crippen molar-refractivity contribution in [2.45, 2.75) is 45.6 Å². The van der Waals surface area contributed by atoms with Gasteiger partial charge in [-0.2, -0.15) is 0 Å². The quantitative estimate of drug-likeness (QED) is 0.771. The van der Waals surface area contributed by atoms with Crippen LogP contribution in [0.5, 0.6) is 11.5 Å². The van der Waals surface area contributed by atoms with Crippen molar-refractivity contribution in [3.8, 4) is 11.5 Å². The van der Waals surface area contributed by atoms with Gasteiger partial charge in [-0.3, -0.25) is 4.79 Å². The summed E-state index contributed by atoms with van der Waals surface area (Å²) in [5.41, 5.74) is 6.85. The molecule has 138 valence electrons. The van der Waals surface area contributed by atoms with Crippen LogP contribution in [-0.2, 0) is 0 Å². The van der Waals surface area contributed by atoms with Crippen LogP contribution < -0.4 is 15.2 Å². The highest BCUT2D eigenvalue weighted by atomic mass is 16.5. The Hall–Kier alpha value is -1.75. The number of carbonyl (C=O) groups excluding carboxylic acids is 1. The minimum Gasteiger partial charge on any atom is -0.490 e. The fraction of sp³-hybridized carbons (Fsp3) is 0.650. The van der Waals surface area contributed by atoms with Gasteiger partial charge in [-0.25, -0.2) is 0 Å². The summed E-state index contributed by atoms with van der Waals surface area (Å²) in [6.07, 6.45) is 4.32. The fourth-order valence-electron chi connectivity index (χ4n) is 4.01. The maximum atomic E-state index is 12.9. The molecule has 3 atom stereocenters. The van der Waals surface area contributed by atoms with Crippen molar-refractivity contribution in [2.75, 3.05) is 26.3 Å². The Morgan fingerprint density at radius 3 is 2.76 bits per heavy atom. The van der Waals surface area contributed by atoms with E-state index in [4.69, 9.17) is 15.2 Å². The van der Waals surface area contributed by atoms with Gasteiger partial charge in [0, 0.05) is 24.7 Å². The van der Waals surface area contributed by atoms with E-state index in [9.17, 15) is 4.79 Å². The molecule has 0 aromatic heterocycles. The van der Waals surface area contributed by atoms with Gasteiger partial charge < -0.3 is 20.1 Å². The van der Waals surface area contributed by atoms with Crippen molar-refractivity contribution in [2.24, 2.45) is 17.6 Å². The second-order valence-electron chi connectivity index (χ2n) is 7.17. The third-order valence-corrected chi connectivity index (χ3v) is 5.45. The smallest absolute Gasteiger partial charge is 0.254 e. The molecular weight excluding hydrogens is 316 g/mol. The number of ether oxygens (including phenoxy) is 2. The number of hydrogen-bond acceptors (Lipinski definition) is 4. The van der Waals surface area contributed by atoms with E-state index in [1.807, 2.05) is 30.0 Å². The number of likely N-dealkylation sites (tertiary alicyclic amines) is 1. The maximum Gasteiger partial charge on any atom is 0.254 e. The highest BCUT2D eigenvalue weighted by molar-refractivity contribution is 5.95. The molecule has 1 saturated heterocycles. The lowest BCUT2D eigenvalue weighted by Crippen LogP contribution is -2.33. The summed E-state index contributed by atoms with van der Waals surface area (Å²) >= 11 is 0. The van der Waals surface area contributed by atoms with Gasteiger partial charge in [-0.05, 0) is 56.2 Å². The second-order valence-corrected chi connectivity index (χ2v) is 7.17. The first-order chi connectivity index (χ1) is 12.1. The highest BCUT2D eigenvalue weighted by Gasteiger charge is 2.42. The van der Waals surface area contributed by atoms with E-state index in [1.54, 1.807) is 0 Å². The number of rotatable bonds is 7. The molecular formula is C20H30N2O3. The molecule has 0 bridgehead atoms. The van der Waals surface area contributed by atoms with E-state index in [0.29, 0.717) is 42.1 Å². The topological polar surface area (TPSA) is 64.8 Å². The number of carbonyl (C=O) groups is 1. The van der Waals surface area contributed by atoms with E-state index < -0.39 is 0 Å². The molecule has 1 aromatic rings. The normalized spacial score (nSPS) is 25.1. The van der Waals surface area contributed by atoms with Gasteiger partial charge in [0.25, 0.3) is 5.91 Å². The van der Waals surface area contributed by atoms with Gasteiger partial charge in [0.2, 0.25) is 0 Å². The summed E-state index contributed by atoms with van der Waals surface area (Å²) in [4.78, 5) is 14.9. The first-order valence-electron chi connectivity index (χ1n) is 9.58. The van der Waals surface area contributed by atoms with Crippen molar-refractivity contribution in [1.82, 2.24) is 4.90 Å². The van der Waals surface area contributed by atoms with Crippen molar-refractivity contribution in [3.05, 3.63) is 23.8 Å². The lowest BCUT2D eigenvalue weighted by atomic mass is 9.98. The molecule has 1 saturated carbocycles. The number of unbranched alkanes of at least 4 members (excludes halogenated alkanes) is 1. The Bertz CT molecular complexity index is 605. The number of hydrogen-bond donors (Lipinski definition) is 1. The number of nitrogens with zero attached hydrogens (tertiary/aromatic N) is 1. The first-order valence-corrected chi connectivity index (χ1v) is 9.58. The van der Waals surface area contributed by atoms with Crippen LogP contribution in [0.3, 0.4) is 0 Å². The van der Waals surface area contributed by atoms with Gasteiger partial charge in [-0.1, -0.05) is 13.3 Å². The molecule has 2 aliphatic rings. The summed E-state index contributed by atoms with van der Waals surface area (Å²) in [5.74, 6) is 2.48. The van der Waals surface area contributed by atoms with E-state index >= 15 is 0 Å². The molecule has 25 heavy (non-hydrogen) atoms. The van der Waals surface area contributed by atoms with Gasteiger partial charge in [0.15, 0.2) is 11.5 Å². The molecule has 3 unspecified atom stereocenters. The molecule has 1 amide bonds. The van der Waals surface area contributed by atoms with Gasteiger partial charge in [-0.15, -0.1) is 0 Å². The third-order valence-electron chi connectivity index (χ3n) is 5.45. The number of benzene rings is 1. The Kier molecular flexibility index (Phi) is 5.84. The molecule has 1 aliphatic carbocycles. The van der Waals surface area contributed by atoms with Crippen molar-refractivity contribution < 1.29 is 14.3 Å². The third kappa shape index (κ3) is 3.92. The monoisotopic (exact) mass is 346 g/mol. The minimum atomic E-state index is 0.0719. The van der Waals surface area contributed by atoms with E-state index in [1.165, 1.54) is 0 Å². The molecule has 2 N–H and O–H groups in total. The van der Waals surface area contributed by atoms with Crippen LogP contribution in [0.25, 0.3) is 0 Å². The summed E-state index contributed by atoms with van der Waals surface area (Å²) in [5, 5.41) is 0. The average Bonchev–Trinajstić information content (AvgIpc) is 3.18. The van der Waals surface area contributed by atoms with Crippen LogP contribution in [0.1, 0.15) is 49.9 Å². The highest BCUT2D eigenvalue weighted by Crippen LogP contribution is 2.38. The Morgan fingerprint density at radius 1 is 1.20 bits per heavy atom. The molecule has 1 heterocycles. The van der Waals surface area contributed by atoms with Crippen LogP contribution >= 0.6 is 0 Å². The number of amides is 1. The zero-order valence-corrected chi connectivity index (χ0v) is 15.4. The molecule has 3 rings (SSSR count). The lowest BCUT2D eigenvalue weighted by Gasteiger charge is -2.20. The average molecular weight is 346 g/mol. The summed E-state index contributed by atoms with van der Waals surface area (Å²) in [7, 11) is 0. The zero-order valence-electron chi connectivity index (χ0n) is 15.4. The molecule has 0 radical (unpaired) electrons. The summed E-state index contributed by atoms with van der Waals surface area (Å²) in [6.45, 7) is 6.89. The summed E-state index contributed by atoms with van der Waals surface area (Å²) < 4.78 is 11.5. The number of nitrogens with two attached hydrogens (primary N) is 1. The fourth-order valence-corrected chi connectivity index (χ4v) is 4.01. The van der Waals surface area contributed by atoms with Crippen LogP contribution in [0.15, 0.2) is 18.2 Å². The predicted molar refractivity (Wildman–Crippen MR) is 98.1 cm³/mol. The lowest BCUT2D eigenvalue weighted by molar-refractivity contribution is 0.0779. The standard InChI is InChI=1S/C20H30N2O3/c1-3-5-10-25-18-9-7-14(11-19(18)24-4-2)20(23)22-12-15-6-8-17(21)16(15)13-22/h7,9,11,15-17H,3-6,8,10,12-13,21H2,1-2H3. The van der Waals surface area contributed by atoms with Crippen LogP contribution in [0, 0.1) is 11.8 Å². The Balaban J connectivity index is 1.71. The Morgan fingerprint density at radius 2 is 2.04 bits per heavy atom. The molecule has 5 nitrogen and oxygen atoms in total.